The zero-order valence-electron chi connectivity index (χ0n) is 11.7. The third-order valence-electron chi connectivity index (χ3n) is 3.61. The topological polar surface area (TPSA) is 46.9 Å². The Morgan fingerprint density at radius 1 is 1.40 bits per heavy atom. The average Bonchev–Trinajstić information content (AvgIpc) is 2.92. The summed E-state index contributed by atoms with van der Waals surface area (Å²) in [6.45, 7) is 6.79. The Kier molecular flexibility index (Phi) is 3.05. The molecule has 2 heterocycles. The zero-order chi connectivity index (χ0) is 14.4. The quantitative estimate of drug-likeness (QED) is 0.923. The SMILES string of the molecule is Cc1ccc(Cl)cc1-n1nc2c(c1C(C)C)CNC2=O. The van der Waals surface area contributed by atoms with Gasteiger partial charge in [-0.05, 0) is 30.5 Å². The number of hydrogen-bond donors (Lipinski definition) is 1. The van der Waals surface area contributed by atoms with Crippen molar-refractivity contribution in [3.63, 3.8) is 0 Å². The van der Waals surface area contributed by atoms with Gasteiger partial charge < -0.3 is 5.32 Å². The van der Waals surface area contributed by atoms with Gasteiger partial charge in [-0.15, -0.1) is 0 Å². The summed E-state index contributed by atoms with van der Waals surface area (Å²) < 4.78 is 1.87. The van der Waals surface area contributed by atoms with Gasteiger partial charge in [-0.3, -0.25) is 4.79 Å². The Bertz CT molecular complexity index is 703. The van der Waals surface area contributed by atoms with Gasteiger partial charge in [-0.1, -0.05) is 31.5 Å². The second-order valence-electron chi connectivity index (χ2n) is 5.39. The Morgan fingerprint density at radius 2 is 2.15 bits per heavy atom. The molecule has 0 saturated heterocycles. The van der Waals surface area contributed by atoms with Gasteiger partial charge in [-0.2, -0.15) is 5.10 Å². The van der Waals surface area contributed by atoms with Crippen molar-refractivity contribution in [1.29, 1.82) is 0 Å². The molecule has 1 amide bonds. The summed E-state index contributed by atoms with van der Waals surface area (Å²) in [5.74, 6) is 0.178. The first-order valence-electron chi connectivity index (χ1n) is 6.65. The van der Waals surface area contributed by atoms with Gasteiger partial charge in [0.25, 0.3) is 5.91 Å². The summed E-state index contributed by atoms with van der Waals surface area (Å²) in [5, 5.41) is 8.00. The molecule has 3 rings (SSSR count). The van der Waals surface area contributed by atoms with Crippen LogP contribution in [0.3, 0.4) is 0 Å². The number of nitrogens with one attached hydrogen (secondary N) is 1. The Hall–Kier alpha value is -1.81. The molecular weight excluding hydrogens is 274 g/mol. The summed E-state index contributed by atoms with van der Waals surface area (Å²) in [4.78, 5) is 11.8. The third-order valence-corrected chi connectivity index (χ3v) is 3.85. The first-order valence-corrected chi connectivity index (χ1v) is 7.03. The maximum absolute atomic E-state index is 11.8. The standard InChI is InChI=1S/C15H16ClN3O/c1-8(2)14-11-7-17-15(20)13(11)18-19(14)12-6-10(16)5-4-9(12)3/h4-6,8H,7H2,1-3H3,(H,17,20). The molecule has 1 aromatic heterocycles. The second kappa shape index (κ2) is 4.63. The van der Waals surface area contributed by atoms with Crippen molar-refractivity contribution in [2.75, 3.05) is 0 Å². The lowest BCUT2D eigenvalue weighted by Crippen LogP contribution is -2.17. The van der Waals surface area contributed by atoms with E-state index in [0.29, 0.717) is 17.3 Å². The van der Waals surface area contributed by atoms with E-state index in [1.165, 1.54) is 0 Å². The number of fused-ring (bicyclic) bond motifs is 1. The molecule has 1 aliphatic rings. The van der Waals surface area contributed by atoms with Gasteiger partial charge in [-0.25, -0.2) is 4.68 Å². The third kappa shape index (κ3) is 1.91. The fourth-order valence-corrected chi connectivity index (χ4v) is 2.83. The van der Waals surface area contributed by atoms with E-state index in [0.717, 1.165) is 22.5 Å². The highest BCUT2D eigenvalue weighted by Gasteiger charge is 2.30. The van der Waals surface area contributed by atoms with Crippen LogP contribution < -0.4 is 5.32 Å². The van der Waals surface area contributed by atoms with Crippen LogP contribution in [-0.4, -0.2) is 15.7 Å². The molecule has 1 N–H and O–H groups in total. The van der Waals surface area contributed by atoms with Crippen LogP contribution in [0.4, 0.5) is 0 Å². The summed E-state index contributed by atoms with van der Waals surface area (Å²) in [6, 6.07) is 5.72. The van der Waals surface area contributed by atoms with Crippen LogP contribution in [0.25, 0.3) is 5.69 Å². The Morgan fingerprint density at radius 3 is 2.85 bits per heavy atom. The predicted molar refractivity (Wildman–Crippen MR) is 78.6 cm³/mol. The molecule has 20 heavy (non-hydrogen) atoms. The molecule has 104 valence electrons. The lowest BCUT2D eigenvalue weighted by atomic mass is 10.0. The molecule has 0 unspecified atom stereocenters. The van der Waals surface area contributed by atoms with E-state index in [4.69, 9.17) is 11.6 Å². The van der Waals surface area contributed by atoms with Gasteiger partial charge >= 0.3 is 0 Å². The van der Waals surface area contributed by atoms with Crippen LogP contribution in [0.2, 0.25) is 5.02 Å². The van der Waals surface area contributed by atoms with E-state index in [2.05, 4.69) is 24.3 Å². The van der Waals surface area contributed by atoms with Crippen LogP contribution in [0, 0.1) is 6.92 Å². The van der Waals surface area contributed by atoms with Gasteiger partial charge in [0.05, 0.1) is 11.4 Å². The van der Waals surface area contributed by atoms with E-state index in [-0.39, 0.29) is 11.8 Å². The van der Waals surface area contributed by atoms with Crippen LogP contribution in [0.1, 0.15) is 47.1 Å². The van der Waals surface area contributed by atoms with Crippen molar-refractivity contribution in [2.24, 2.45) is 0 Å². The number of carbonyl (C=O) groups is 1. The number of nitrogens with zero attached hydrogens (tertiary/aromatic N) is 2. The number of hydrogen-bond acceptors (Lipinski definition) is 2. The van der Waals surface area contributed by atoms with E-state index in [1.54, 1.807) is 0 Å². The number of aromatic nitrogens is 2. The fraction of sp³-hybridized carbons (Fsp3) is 0.333. The van der Waals surface area contributed by atoms with Crippen molar-refractivity contribution < 1.29 is 4.79 Å². The number of benzene rings is 1. The summed E-state index contributed by atoms with van der Waals surface area (Å²) in [5.41, 5.74) is 4.63. The molecule has 0 spiro atoms. The van der Waals surface area contributed by atoms with E-state index in [9.17, 15) is 4.79 Å². The molecule has 0 atom stereocenters. The maximum atomic E-state index is 11.8. The van der Waals surface area contributed by atoms with Crippen molar-refractivity contribution in [3.05, 3.63) is 45.7 Å². The predicted octanol–water partition coefficient (Wildman–Crippen LogP) is 3.20. The number of rotatable bonds is 2. The minimum Gasteiger partial charge on any atom is -0.346 e. The number of carbonyl (C=O) groups excluding carboxylic acids is 1. The molecule has 5 heteroatoms. The smallest absolute Gasteiger partial charge is 0.272 e. The molecular formula is C15H16ClN3O. The monoisotopic (exact) mass is 289 g/mol. The minimum atomic E-state index is -0.0969. The van der Waals surface area contributed by atoms with Crippen molar-refractivity contribution in [2.45, 2.75) is 33.2 Å². The number of aryl methyl sites for hydroxylation is 1. The molecule has 1 aromatic carbocycles. The molecule has 1 aliphatic heterocycles. The van der Waals surface area contributed by atoms with Crippen LogP contribution >= 0.6 is 11.6 Å². The van der Waals surface area contributed by atoms with E-state index in [1.807, 2.05) is 29.8 Å². The largest absolute Gasteiger partial charge is 0.346 e. The maximum Gasteiger partial charge on any atom is 0.272 e. The minimum absolute atomic E-state index is 0.0969. The van der Waals surface area contributed by atoms with Crippen LogP contribution in [0.5, 0.6) is 0 Å². The lowest BCUT2D eigenvalue weighted by molar-refractivity contribution is 0.0960. The molecule has 0 radical (unpaired) electrons. The Labute approximate surface area is 122 Å². The highest BCUT2D eigenvalue weighted by atomic mass is 35.5. The van der Waals surface area contributed by atoms with Crippen molar-refractivity contribution in [3.8, 4) is 5.69 Å². The fourth-order valence-electron chi connectivity index (χ4n) is 2.66. The van der Waals surface area contributed by atoms with Gasteiger partial charge in [0.2, 0.25) is 0 Å². The van der Waals surface area contributed by atoms with Crippen molar-refractivity contribution >= 4 is 17.5 Å². The Balaban J connectivity index is 2.27. The first-order chi connectivity index (χ1) is 9.49. The normalized spacial score (nSPS) is 13.8. The number of amides is 1. The summed E-state index contributed by atoms with van der Waals surface area (Å²) in [6.07, 6.45) is 0. The zero-order valence-corrected chi connectivity index (χ0v) is 12.5. The average molecular weight is 290 g/mol. The highest BCUT2D eigenvalue weighted by Crippen LogP contribution is 2.30. The summed E-state index contributed by atoms with van der Waals surface area (Å²) >= 11 is 6.10. The molecule has 2 aromatic rings. The highest BCUT2D eigenvalue weighted by molar-refractivity contribution is 6.30. The van der Waals surface area contributed by atoms with Crippen LogP contribution in [0.15, 0.2) is 18.2 Å². The second-order valence-corrected chi connectivity index (χ2v) is 5.83. The molecule has 0 saturated carbocycles. The van der Waals surface area contributed by atoms with E-state index >= 15 is 0 Å². The van der Waals surface area contributed by atoms with E-state index < -0.39 is 0 Å². The van der Waals surface area contributed by atoms with Gasteiger partial charge in [0.15, 0.2) is 5.69 Å². The van der Waals surface area contributed by atoms with Gasteiger partial charge in [0.1, 0.15) is 0 Å². The lowest BCUT2D eigenvalue weighted by Gasteiger charge is -2.14. The molecule has 0 aliphatic carbocycles. The van der Waals surface area contributed by atoms with Crippen molar-refractivity contribution in [1.82, 2.24) is 15.1 Å². The summed E-state index contributed by atoms with van der Waals surface area (Å²) in [7, 11) is 0. The number of halogens is 1. The molecule has 0 bridgehead atoms. The first kappa shape index (κ1) is 13.2. The molecule has 0 fully saturated rings. The van der Waals surface area contributed by atoms with Gasteiger partial charge in [0, 0.05) is 17.1 Å². The molecule has 4 nitrogen and oxygen atoms in total. The van der Waals surface area contributed by atoms with Crippen LogP contribution in [-0.2, 0) is 6.54 Å².